The summed E-state index contributed by atoms with van der Waals surface area (Å²) in [5.74, 6) is 0.267. The van der Waals surface area contributed by atoms with Crippen molar-refractivity contribution in [2.45, 2.75) is 26.7 Å². The molecule has 0 saturated carbocycles. The van der Waals surface area contributed by atoms with E-state index in [1.807, 2.05) is 36.5 Å². The number of hydrogen-bond donors (Lipinski definition) is 0. The molecule has 0 atom stereocenters. The molecule has 0 unspecified atom stereocenters. The molecular weight excluding hydrogens is 367 g/mol. The molecule has 0 aliphatic rings. The van der Waals surface area contributed by atoms with Crippen LogP contribution in [0.3, 0.4) is 0 Å². The van der Waals surface area contributed by atoms with Crippen molar-refractivity contribution >= 4 is 59.6 Å². The second-order valence-corrected chi connectivity index (χ2v) is 9.19. The first-order valence-electron chi connectivity index (χ1n) is 9.67. The number of halogens is 1. The first-order valence-corrected chi connectivity index (χ1v) is 10.5. The molecule has 6 rings (SSSR count). The van der Waals surface area contributed by atoms with E-state index in [-0.39, 0.29) is 5.82 Å². The highest BCUT2D eigenvalue weighted by molar-refractivity contribution is 7.20. The number of aromatic nitrogens is 2. The molecule has 138 valence electrons. The maximum atomic E-state index is 15.3. The van der Waals surface area contributed by atoms with Crippen LogP contribution in [-0.2, 0) is 7.05 Å². The molecule has 0 saturated heterocycles. The molecule has 0 amide bonds. The summed E-state index contributed by atoms with van der Waals surface area (Å²) < 4.78 is 21.1. The number of rotatable bonds is 1. The molecule has 4 heteroatoms. The van der Waals surface area contributed by atoms with Crippen LogP contribution in [0.2, 0.25) is 0 Å². The Morgan fingerprint density at radius 1 is 1.04 bits per heavy atom. The van der Waals surface area contributed by atoms with Crippen LogP contribution < -0.4 is 4.57 Å². The third-order valence-corrected chi connectivity index (χ3v) is 7.49. The van der Waals surface area contributed by atoms with Gasteiger partial charge in [-0.05, 0) is 30.5 Å². The van der Waals surface area contributed by atoms with Crippen molar-refractivity contribution in [3.8, 4) is 0 Å². The molecule has 0 aliphatic heterocycles. The molecule has 0 spiro atoms. The van der Waals surface area contributed by atoms with E-state index >= 15 is 4.39 Å². The van der Waals surface area contributed by atoms with E-state index in [1.54, 1.807) is 6.07 Å². The Morgan fingerprint density at radius 3 is 2.61 bits per heavy atom. The van der Waals surface area contributed by atoms with Crippen molar-refractivity contribution in [2.75, 3.05) is 0 Å². The van der Waals surface area contributed by atoms with E-state index in [1.165, 1.54) is 26.0 Å². The summed E-state index contributed by atoms with van der Waals surface area (Å²) in [6.45, 7) is 6.52. The van der Waals surface area contributed by atoms with Crippen LogP contribution in [0, 0.1) is 12.7 Å². The molecule has 28 heavy (non-hydrogen) atoms. The molecule has 4 aromatic heterocycles. The van der Waals surface area contributed by atoms with E-state index in [0.717, 1.165) is 32.8 Å². The van der Waals surface area contributed by atoms with Crippen LogP contribution in [0.5, 0.6) is 0 Å². The topological polar surface area (TPSA) is 8.29 Å². The summed E-state index contributed by atoms with van der Waals surface area (Å²) >= 11 is 1.87. The van der Waals surface area contributed by atoms with E-state index in [0.29, 0.717) is 5.92 Å². The lowest BCUT2D eigenvalue weighted by molar-refractivity contribution is -0.643. The summed E-state index contributed by atoms with van der Waals surface area (Å²) in [4.78, 5) is 1.36. The summed E-state index contributed by atoms with van der Waals surface area (Å²) in [6, 6.07) is 12.1. The Kier molecular flexibility index (Phi) is 3.02. The quantitative estimate of drug-likeness (QED) is 0.226. The Hall–Kier alpha value is -2.72. The van der Waals surface area contributed by atoms with Gasteiger partial charge in [0.05, 0.1) is 27.3 Å². The maximum Gasteiger partial charge on any atom is 0.225 e. The Balaban J connectivity index is 2.15. The zero-order chi connectivity index (χ0) is 19.3. The Bertz CT molecular complexity index is 1570. The van der Waals surface area contributed by atoms with Gasteiger partial charge in [-0.25, -0.2) is 8.96 Å². The fourth-order valence-electron chi connectivity index (χ4n) is 4.92. The Morgan fingerprint density at radius 2 is 1.82 bits per heavy atom. The molecule has 2 aromatic carbocycles. The number of pyridine rings is 2. The minimum absolute atomic E-state index is 0.134. The lowest BCUT2D eigenvalue weighted by atomic mass is 10.0. The average Bonchev–Trinajstić information content (AvgIpc) is 3.20. The first kappa shape index (κ1) is 16.3. The van der Waals surface area contributed by atoms with Gasteiger partial charge >= 0.3 is 0 Å². The number of aryl methyl sites for hydroxylation is 2. The SMILES string of the molecule is Cc1cc(F)c2c3ccccc3n3c4c(C(C)C)sc5cc[n+](C)c(c1c23)c54. The van der Waals surface area contributed by atoms with Crippen molar-refractivity contribution < 1.29 is 8.96 Å². The van der Waals surface area contributed by atoms with Gasteiger partial charge in [0.2, 0.25) is 5.52 Å². The summed E-state index contributed by atoms with van der Waals surface area (Å²) in [6.07, 6.45) is 2.13. The highest BCUT2D eigenvalue weighted by Crippen LogP contribution is 2.46. The third kappa shape index (κ3) is 1.75. The summed E-state index contributed by atoms with van der Waals surface area (Å²) in [5.41, 5.74) is 5.52. The van der Waals surface area contributed by atoms with Crippen LogP contribution >= 0.6 is 11.3 Å². The van der Waals surface area contributed by atoms with Crippen molar-refractivity contribution in [3.63, 3.8) is 0 Å². The molecule has 0 fully saturated rings. The standard InChI is InChI=1S/C24H20FN2S/c1-12(2)24-23-20-17(28-24)9-10-26(4)21(20)18-13(3)11-15(25)19-14-7-5-6-8-16(14)27(23)22(18)19/h5-12H,1-4H3/q+1. The van der Waals surface area contributed by atoms with Crippen LogP contribution in [-0.4, -0.2) is 4.40 Å². The van der Waals surface area contributed by atoms with Gasteiger partial charge in [0.25, 0.3) is 0 Å². The molecule has 0 aliphatic carbocycles. The van der Waals surface area contributed by atoms with Crippen molar-refractivity contribution in [2.24, 2.45) is 7.05 Å². The number of nitrogens with zero attached hydrogens (tertiary/aromatic N) is 2. The molecule has 0 N–H and O–H groups in total. The van der Waals surface area contributed by atoms with Gasteiger partial charge in [-0.1, -0.05) is 32.0 Å². The first-order chi connectivity index (χ1) is 13.5. The van der Waals surface area contributed by atoms with Gasteiger partial charge in [0.1, 0.15) is 12.9 Å². The normalized spacial score (nSPS) is 12.8. The van der Waals surface area contributed by atoms with Gasteiger partial charge in [-0.15, -0.1) is 11.3 Å². The van der Waals surface area contributed by atoms with Crippen molar-refractivity contribution in [1.82, 2.24) is 4.40 Å². The summed E-state index contributed by atoms with van der Waals surface area (Å²) in [5, 5.41) is 4.17. The van der Waals surface area contributed by atoms with Crippen LogP contribution in [0.25, 0.3) is 48.3 Å². The second kappa shape index (κ2) is 5.21. The van der Waals surface area contributed by atoms with Crippen molar-refractivity contribution in [1.29, 1.82) is 0 Å². The molecule has 2 nitrogen and oxygen atoms in total. The largest absolute Gasteiger partial charge is 0.306 e. The highest BCUT2D eigenvalue weighted by atomic mass is 32.1. The van der Waals surface area contributed by atoms with Gasteiger partial charge in [0.15, 0.2) is 6.20 Å². The highest BCUT2D eigenvalue weighted by Gasteiger charge is 2.28. The van der Waals surface area contributed by atoms with Crippen molar-refractivity contribution in [3.05, 3.63) is 58.9 Å². The minimum atomic E-state index is -0.134. The second-order valence-electron chi connectivity index (χ2n) is 8.11. The molecule has 0 bridgehead atoms. The zero-order valence-corrected chi connectivity index (χ0v) is 17.1. The lowest BCUT2D eigenvalue weighted by Gasteiger charge is -2.11. The summed E-state index contributed by atoms with van der Waals surface area (Å²) in [7, 11) is 2.10. The molecule has 4 heterocycles. The van der Waals surface area contributed by atoms with Gasteiger partial charge in [-0.2, -0.15) is 0 Å². The lowest BCUT2D eigenvalue weighted by Crippen LogP contribution is -2.28. The average molecular weight is 388 g/mol. The van der Waals surface area contributed by atoms with E-state index in [9.17, 15) is 0 Å². The molecule has 6 aromatic rings. The smallest absolute Gasteiger partial charge is 0.225 e. The Labute approximate surface area is 165 Å². The number of hydrogen-bond acceptors (Lipinski definition) is 1. The number of para-hydroxylation sites is 1. The number of benzene rings is 2. The maximum absolute atomic E-state index is 15.3. The predicted molar refractivity (Wildman–Crippen MR) is 116 cm³/mol. The fraction of sp³-hybridized carbons (Fsp3) is 0.208. The van der Waals surface area contributed by atoms with E-state index < -0.39 is 0 Å². The van der Waals surface area contributed by atoms with Crippen LogP contribution in [0.4, 0.5) is 4.39 Å². The molecule has 0 radical (unpaired) electrons. The van der Waals surface area contributed by atoms with Crippen LogP contribution in [0.15, 0.2) is 42.6 Å². The minimum Gasteiger partial charge on any atom is -0.306 e. The predicted octanol–water partition coefficient (Wildman–Crippen LogP) is 6.45. The molecular formula is C24H20FN2S+. The van der Waals surface area contributed by atoms with Gasteiger partial charge in [-0.3, -0.25) is 0 Å². The van der Waals surface area contributed by atoms with E-state index in [2.05, 4.69) is 48.2 Å². The van der Waals surface area contributed by atoms with Crippen LogP contribution in [0.1, 0.15) is 30.2 Å². The fourth-order valence-corrected chi connectivity index (χ4v) is 6.11. The number of fused-ring (bicyclic) bond motifs is 5. The van der Waals surface area contributed by atoms with E-state index in [4.69, 9.17) is 0 Å². The zero-order valence-electron chi connectivity index (χ0n) is 16.3. The monoisotopic (exact) mass is 387 g/mol. The number of thiophene rings is 1. The third-order valence-electron chi connectivity index (χ3n) is 6.05. The van der Waals surface area contributed by atoms with Gasteiger partial charge in [0, 0.05) is 26.4 Å². The van der Waals surface area contributed by atoms with Gasteiger partial charge < -0.3 is 4.40 Å².